The van der Waals surface area contributed by atoms with Gasteiger partial charge in [0.2, 0.25) is 5.95 Å². The molecule has 0 saturated heterocycles. The van der Waals surface area contributed by atoms with E-state index in [4.69, 9.17) is 9.97 Å². The lowest BCUT2D eigenvalue weighted by atomic mass is 9.96. The minimum Gasteiger partial charge on any atom is -0.278 e. The van der Waals surface area contributed by atoms with E-state index in [-0.39, 0.29) is 0 Å². The number of fused-ring (bicyclic) bond motifs is 9. The van der Waals surface area contributed by atoms with Gasteiger partial charge >= 0.3 is 0 Å². The Morgan fingerprint density at radius 3 is 2.00 bits per heavy atom. The first-order valence-corrected chi connectivity index (χ1v) is 18.2. The van der Waals surface area contributed by atoms with E-state index in [1.165, 1.54) is 42.4 Å². The zero-order valence-electron chi connectivity index (χ0n) is 27.8. The number of thiophene rings is 1. The van der Waals surface area contributed by atoms with Gasteiger partial charge in [0.25, 0.3) is 0 Å². The SMILES string of the molecule is C1=C=Cc2c(ccc3c2c2cc(-c4ccc5sc6ccccc6c5c4)ccc2n3-c2nc(-c3ccc(-c4ccccc4)cc3)c3ccccc3n2)C=1. The number of rotatable bonds is 4. The molecule has 3 nitrogen and oxygen atoms in total. The van der Waals surface area contributed by atoms with Crippen molar-refractivity contribution < 1.29 is 0 Å². The van der Waals surface area contributed by atoms with Gasteiger partial charge in [0.15, 0.2) is 0 Å². The van der Waals surface area contributed by atoms with E-state index in [0.717, 1.165) is 55.1 Å². The fourth-order valence-corrected chi connectivity index (χ4v) is 8.89. The van der Waals surface area contributed by atoms with E-state index in [0.29, 0.717) is 5.95 Å². The van der Waals surface area contributed by atoms with Crippen molar-refractivity contribution >= 4 is 76.4 Å². The average Bonchev–Trinajstić information content (AvgIpc) is 3.76. The quantitative estimate of drug-likeness (QED) is 0.174. The topological polar surface area (TPSA) is 30.7 Å². The molecule has 0 unspecified atom stereocenters. The fraction of sp³-hybridized carbons (Fsp3) is 0. The molecule has 0 amide bonds. The Morgan fingerprint density at radius 2 is 1.12 bits per heavy atom. The summed E-state index contributed by atoms with van der Waals surface area (Å²) >= 11 is 1.85. The Bertz CT molecular complexity index is 3190. The van der Waals surface area contributed by atoms with E-state index in [1.54, 1.807) is 0 Å². The number of benzene rings is 7. The average molecular weight is 678 g/mol. The predicted octanol–water partition coefficient (Wildman–Crippen LogP) is 12.9. The third-order valence-corrected chi connectivity index (χ3v) is 11.5. The Kier molecular flexibility index (Phi) is 6.33. The summed E-state index contributed by atoms with van der Waals surface area (Å²) < 4.78 is 4.85. The number of para-hydroxylation sites is 1. The summed E-state index contributed by atoms with van der Waals surface area (Å²) in [5.41, 5.74) is 18.4. The van der Waals surface area contributed by atoms with E-state index in [1.807, 2.05) is 29.5 Å². The van der Waals surface area contributed by atoms with Gasteiger partial charge in [-0.25, -0.2) is 9.97 Å². The van der Waals surface area contributed by atoms with Crippen LogP contribution in [0.25, 0.3) is 104 Å². The Labute approximate surface area is 303 Å². The summed E-state index contributed by atoms with van der Waals surface area (Å²) in [6, 6.07) is 54.2. The molecule has 0 spiro atoms. The maximum Gasteiger partial charge on any atom is 0.235 e. The highest BCUT2D eigenvalue weighted by Gasteiger charge is 2.21. The molecule has 0 radical (unpaired) electrons. The van der Waals surface area contributed by atoms with Crippen LogP contribution >= 0.6 is 11.3 Å². The van der Waals surface area contributed by atoms with Crippen molar-refractivity contribution in [1.29, 1.82) is 0 Å². The van der Waals surface area contributed by atoms with Crippen LogP contribution < -0.4 is 0 Å². The van der Waals surface area contributed by atoms with Crippen LogP contribution in [0.3, 0.4) is 0 Å². The summed E-state index contributed by atoms with van der Waals surface area (Å²) in [7, 11) is 0. The second-order valence-electron chi connectivity index (χ2n) is 13.2. The minimum absolute atomic E-state index is 0.644. The molecule has 3 aromatic heterocycles. The molecule has 0 atom stereocenters. The van der Waals surface area contributed by atoms with Crippen LogP contribution in [0.15, 0.2) is 163 Å². The molecule has 1 aliphatic carbocycles. The lowest BCUT2D eigenvalue weighted by molar-refractivity contribution is 1.01. The van der Waals surface area contributed by atoms with Crippen molar-refractivity contribution in [2.24, 2.45) is 0 Å². The molecule has 52 heavy (non-hydrogen) atoms. The van der Waals surface area contributed by atoms with Gasteiger partial charge in [0, 0.05) is 47.5 Å². The molecule has 0 fully saturated rings. The molecule has 10 aromatic rings. The molecular weight excluding hydrogens is 651 g/mol. The molecule has 4 heteroatoms. The van der Waals surface area contributed by atoms with Crippen LogP contribution in [-0.2, 0) is 0 Å². The zero-order valence-corrected chi connectivity index (χ0v) is 28.7. The Morgan fingerprint density at radius 1 is 0.462 bits per heavy atom. The van der Waals surface area contributed by atoms with Crippen LogP contribution in [0.1, 0.15) is 11.1 Å². The van der Waals surface area contributed by atoms with Gasteiger partial charge in [-0.2, -0.15) is 0 Å². The lowest BCUT2D eigenvalue weighted by Crippen LogP contribution is -2.03. The van der Waals surface area contributed by atoms with Gasteiger partial charge in [-0.15, -0.1) is 11.3 Å². The van der Waals surface area contributed by atoms with Crippen molar-refractivity contribution in [2.45, 2.75) is 0 Å². The standard InChI is InChI=1S/C48H27N3S/c1-2-10-30(11-3-1)31-18-20-33(21-19-31)47-38-15-6-8-16-41(38)49-48(50-47)51-42-25-23-34(29-40(42)46-36-13-5-4-12-32(36)22-26-43(46)51)35-24-27-45-39(28-35)37-14-7-9-17-44(37)52-45/h1-3,6-29H. The third-order valence-electron chi connectivity index (χ3n) is 10.3. The summed E-state index contributed by atoms with van der Waals surface area (Å²) in [6.07, 6.45) is 4.07. The molecule has 7 aromatic carbocycles. The van der Waals surface area contributed by atoms with Gasteiger partial charge in [-0.1, -0.05) is 121 Å². The molecule has 0 saturated carbocycles. The number of hydrogen-bond acceptors (Lipinski definition) is 3. The Hall–Kier alpha value is -6.80. The Balaban J connectivity index is 1.14. The highest BCUT2D eigenvalue weighted by molar-refractivity contribution is 7.25. The predicted molar refractivity (Wildman–Crippen MR) is 219 cm³/mol. The van der Waals surface area contributed by atoms with Crippen LogP contribution in [0.5, 0.6) is 0 Å². The third kappa shape index (κ3) is 4.47. The number of aromatic nitrogens is 3. The first kappa shape index (κ1) is 29.0. The van der Waals surface area contributed by atoms with E-state index in [2.05, 4.69) is 162 Å². The normalized spacial score (nSPS) is 12.2. The summed E-state index contributed by atoms with van der Waals surface area (Å²) in [5.74, 6) is 0.644. The van der Waals surface area contributed by atoms with Crippen LogP contribution in [-0.4, -0.2) is 14.5 Å². The molecule has 0 aliphatic heterocycles. The maximum absolute atomic E-state index is 5.37. The van der Waals surface area contributed by atoms with Gasteiger partial charge < -0.3 is 0 Å². The first-order valence-electron chi connectivity index (χ1n) is 17.4. The van der Waals surface area contributed by atoms with Crippen molar-refractivity contribution in [1.82, 2.24) is 14.5 Å². The van der Waals surface area contributed by atoms with E-state index >= 15 is 0 Å². The molecular formula is C48H27N3S. The van der Waals surface area contributed by atoms with E-state index in [9.17, 15) is 0 Å². The van der Waals surface area contributed by atoms with Crippen molar-refractivity contribution in [3.05, 3.63) is 174 Å². The second kappa shape index (κ2) is 11.4. The summed E-state index contributed by atoms with van der Waals surface area (Å²) in [5, 5.41) is 5.93. The summed E-state index contributed by atoms with van der Waals surface area (Å²) in [6.45, 7) is 0. The fourth-order valence-electron chi connectivity index (χ4n) is 7.81. The smallest absolute Gasteiger partial charge is 0.235 e. The van der Waals surface area contributed by atoms with Crippen LogP contribution in [0.2, 0.25) is 0 Å². The van der Waals surface area contributed by atoms with Crippen LogP contribution in [0, 0.1) is 0 Å². The van der Waals surface area contributed by atoms with Gasteiger partial charge in [-0.05, 0) is 82.4 Å². The summed E-state index contributed by atoms with van der Waals surface area (Å²) in [4.78, 5) is 10.6. The highest BCUT2D eigenvalue weighted by atomic mass is 32.1. The number of nitrogens with zero attached hydrogens (tertiary/aromatic N) is 3. The largest absolute Gasteiger partial charge is 0.278 e. The minimum atomic E-state index is 0.644. The van der Waals surface area contributed by atoms with Gasteiger partial charge in [0.1, 0.15) is 0 Å². The molecule has 1 aliphatic rings. The van der Waals surface area contributed by atoms with E-state index < -0.39 is 0 Å². The second-order valence-corrected chi connectivity index (χ2v) is 14.3. The van der Waals surface area contributed by atoms with Crippen molar-refractivity contribution in [2.75, 3.05) is 0 Å². The van der Waals surface area contributed by atoms with Crippen LogP contribution in [0.4, 0.5) is 0 Å². The van der Waals surface area contributed by atoms with Gasteiger partial charge in [0.05, 0.1) is 22.2 Å². The molecule has 11 rings (SSSR count). The molecule has 3 heterocycles. The molecule has 0 bridgehead atoms. The van der Waals surface area contributed by atoms with Crippen molar-refractivity contribution in [3.8, 4) is 39.5 Å². The first-order chi connectivity index (χ1) is 25.8. The van der Waals surface area contributed by atoms with Crippen molar-refractivity contribution in [3.63, 3.8) is 0 Å². The zero-order chi connectivity index (χ0) is 34.2. The van der Waals surface area contributed by atoms with Gasteiger partial charge in [-0.3, -0.25) is 4.57 Å². The monoisotopic (exact) mass is 677 g/mol. The highest BCUT2D eigenvalue weighted by Crippen LogP contribution is 2.41. The molecule has 0 N–H and O–H groups in total. The lowest BCUT2D eigenvalue weighted by Gasteiger charge is -2.12. The maximum atomic E-state index is 5.37. The number of hydrogen-bond donors (Lipinski definition) is 0. The molecule has 240 valence electrons.